The fourth-order valence-electron chi connectivity index (χ4n) is 8.11. The molecule has 0 aromatic carbocycles. The third-order valence-corrected chi connectivity index (χ3v) is 9.03. The summed E-state index contributed by atoms with van der Waals surface area (Å²) in [7, 11) is 0. The molecule has 3 nitrogen and oxygen atoms in total. The van der Waals surface area contributed by atoms with Crippen LogP contribution < -0.4 is 0 Å². The van der Waals surface area contributed by atoms with Crippen LogP contribution in [0.2, 0.25) is 0 Å². The third-order valence-electron chi connectivity index (χ3n) is 9.03. The molecule has 5 aliphatic rings. The van der Waals surface area contributed by atoms with Crippen LogP contribution in [0.15, 0.2) is 0 Å². The highest BCUT2D eigenvalue weighted by Crippen LogP contribution is 2.77. The number of fused-ring (bicyclic) bond motifs is 5. The number of epoxide rings is 1. The van der Waals surface area contributed by atoms with Crippen LogP contribution in [0.5, 0.6) is 0 Å². The van der Waals surface area contributed by atoms with E-state index in [-0.39, 0.29) is 22.6 Å². The van der Waals surface area contributed by atoms with Gasteiger partial charge >= 0.3 is 0 Å². The molecular weight excluding hydrogens is 288 g/mol. The topological polar surface area (TPSA) is 46.7 Å². The van der Waals surface area contributed by atoms with Gasteiger partial charge in [0.2, 0.25) is 5.78 Å². The molecule has 23 heavy (non-hydrogen) atoms. The molecule has 5 fully saturated rings. The van der Waals surface area contributed by atoms with Crippen LogP contribution in [-0.4, -0.2) is 23.3 Å². The average molecular weight is 316 g/mol. The Morgan fingerprint density at radius 2 is 1.74 bits per heavy atom. The lowest BCUT2D eigenvalue weighted by molar-refractivity contribution is -0.178. The summed E-state index contributed by atoms with van der Waals surface area (Å²) in [5.74, 6) is 1.38. The van der Waals surface area contributed by atoms with E-state index >= 15 is 0 Å². The molecule has 0 N–H and O–H groups in total. The minimum absolute atomic E-state index is 0.0189. The molecule has 2 bridgehead atoms. The number of carbonyl (C=O) groups is 2. The molecule has 0 aromatic heterocycles. The summed E-state index contributed by atoms with van der Waals surface area (Å²) in [6.07, 6.45) is 6.93. The van der Waals surface area contributed by atoms with Gasteiger partial charge in [-0.05, 0) is 62.2 Å². The van der Waals surface area contributed by atoms with Crippen LogP contribution in [-0.2, 0) is 14.3 Å². The second-order valence-electron chi connectivity index (χ2n) is 10.2. The molecule has 0 amide bonds. The first-order valence-electron chi connectivity index (χ1n) is 9.42. The van der Waals surface area contributed by atoms with Crippen molar-refractivity contribution in [1.29, 1.82) is 0 Å². The Hall–Kier alpha value is -0.700. The van der Waals surface area contributed by atoms with Gasteiger partial charge in [0, 0.05) is 17.3 Å². The summed E-state index contributed by atoms with van der Waals surface area (Å²) >= 11 is 0. The number of ketones is 2. The van der Waals surface area contributed by atoms with Gasteiger partial charge in [0.05, 0.1) is 11.7 Å². The van der Waals surface area contributed by atoms with Crippen LogP contribution in [0, 0.1) is 34.0 Å². The molecule has 1 spiro atoms. The number of rotatable bonds is 0. The summed E-state index contributed by atoms with van der Waals surface area (Å²) < 4.78 is 6.24. The van der Waals surface area contributed by atoms with Crippen LogP contribution in [0.25, 0.3) is 0 Å². The lowest BCUT2D eigenvalue weighted by atomic mass is 9.40. The maximum atomic E-state index is 12.5. The Morgan fingerprint density at radius 3 is 2.48 bits per heavy atom. The highest BCUT2D eigenvalue weighted by molar-refractivity contribution is 6.39. The van der Waals surface area contributed by atoms with Crippen molar-refractivity contribution in [2.75, 3.05) is 0 Å². The zero-order chi connectivity index (χ0) is 16.4. The molecular formula is C20H28O3. The predicted octanol–water partition coefficient (Wildman–Crippen LogP) is 3.54. The minimum Gasteiger partial charge on any atom is -0.365 e. The second kappa shape index (κ2) is 3.76. The van der Waals surface area contributed by atoms with Gasteiger partial charge < -0.3 is 4.74 Å². The van der Waals surface area contributed by atoms with E-state index in [9.17, 15) is 9.59 Å². The zero-order valence-electron chi connectivity index (χ0n) is 14.8. The van der Waals surface area contributed by atoms with E-state index in [2.05, 4.69) is 13.8 Å². The van der Waals surface area contributed by atoms with Crippen LogP contribution in [0.3, 0.4) is 0 Å². The summed E-state index contributed by atoms with van der Waals surface area (Å²) in [5.41, 5.74) is -0.0919. The fourth-order valence-corrected chi connectivity index (χ4v) is 8.11. The van der Waals surface area contributed by atoms with Crippen molar-refractivity contribution in [2.24, 2.45) is 34.0 Å². The van der Waals surface area contributed by atoms with Crippen molar-refractivity contribution in [1.82, 2.24) is 0 Å². The Balaban J connectivity index is 1.61. The lowest BCUT2D eigenvalue weighted by Crippen LogP contribution is -2.61. The molecule has 0 radical (unpaired) electrons. The number of Topliss-reactive ketones (excluding diaryl/α,β-unsaturated/α-hetero) is 2. The van der Waals surface area contributed by atoms with Crippen molar-refractivity contribution in [2.45, 2.75) is 77.9 Å². The third kappa shape index (κ3) is 1.40. The van der Waals surface area contributed by atoms with Gasteiger partial charge in [0.1, 0.15) is 0 Å². The van der Waals surface area contributed by atoms with E-state index in [1.807, 2.05) is 13.8 Å². The summed E-state index contributed by atoms with van der Waals surface area (Å²) in [4.78, 5) is 25.0. The highest BCUT2D eigenvalue weighted by Gasteiger charge is 2.79. The maximum absolute atomic E-state index is 12.5. The Bertz CT molecular complexity index is 637. The molecule has 1 saturated heterocycles. The highest BCUT2D eigenvalue weighted by atomic mass is 16.6. The van der Waals surface area contributed by atoms with Crippen molar-refractivity contribution in [3.63, 3.8) is 0 Å². The van der Waals surface area contributed by atoms with E-state index in [4.69, 9.17) is 4.74 Å². The Labute approximate surface area is 138 Å². The molecule has 126 valence electrons. The van der Waals surface area contributed by atoms with Gasteiger partial charge in [-0.2, -0.15) is 0 Å². The molecule has 0 unspecified atom stereocenters. The van der Waals surface area contributed by atoms with Gasteiger partial charge in [-0.3, -0.25) is 9.59 Å². The lowest BCUT2D eigenvalue weighted by Gasteiger charge is -2.63. The fraction of sp³-hybridized carbons (Fsp3) is 0.900. The monoisotopic (exact) mass is 316 g/mol. The first-order valence-corrected chi connectivity index (χ1v) is 9.42. The Kier molecular flexibility index (Phi) is 2.39. The van der Waals surface area contributed by atoms with Crippen LogP contribution in [0.1, 0.15) is 66.2 Å². The van der Waals surface area contributed by atoms with E-state index in [1.54, 1.807) is 0 Å². The van der Waals surface area contributed by atoms with Crippen molar-refractivity contribution in [3.8, 4) is 0 Å². The predicted molar refractivity (Wildman–Crippen MR) is 85.8 cm³/mol. The molecule has 5 rings (SSSR count). The largest absolute Gasteiger partial charge is 0.365 e. The normalized spacial score (nSPS) is 59.1. The van der Waals surface area contributed by atoms with E-state index < -0.39 is 5.41 Å². The van der Waals surface area contributed by atoms with Crippen molar-refractivity contribution >= 4 is 11.6 Å². The maximum Gasteiger partial charge on any atom is 0.204 e. The molecule has 3 heteroatoms. The summed E-state index contributed by atoms with van der Waals surface area (Å²) in [6, 6.07) is 0. The Morgan fingerprint density at radius 1 is 1.00 bits per heavy atom. The molecule has 4 aliphatic carbocycles. The first-order chi connectivity index (χ1) is 10.7. The molecule has 1 aliphatic heterocycles. The van der Waals surface area contributed by atoms with Gasteiger partial charge in [0.15, 0.2) is 5.78 Å². The molecule has 1 heterocycles. The standard InChI is InChI=1S/C20H28O3/c1-17(2)13-7-8-20-9-11(19(4)16(20)23-19)5-6-14(20)18(13,3)10-12(21)15(17)22/h11,13-14,16H,5-10H2,1-4H3/t11-,13+,14-,16-,18+,19-,20-/m0/s1. The molecule has 4 saturated carbocycles. The second-order valence-corrected chi connectivity index (χ2v) is 10.2. The summed E-state index contributed by atoms with van der Waals surface area (Å²) in [5, 5.41) is 0. The zero-order valence-corrected chi connectivity index (χ0v) is 14.8. The van der Waals surface area contributed by atoms with Crippen LogP contribution in [0.4, 0.5) is 0 Å². The number of ether oxygens (including phenoxy) is 1. The SMILES string of the molecule is CC1(C)C(=O)C(=O)C[C@]2(C)[C@@H]1CC[C@]13C[C@H](CC[C@@H]21)[C@]1(C)O[C@H]31. The van der Waals surface area contributed by atoms with Gasteiger partial charge in [-0.25, -0.2) is 0 Å². The van der Waals surface area contributed by atoms with Crippen LogP contribution >= 0.6 is 0 Å². The van der Waals surface area contributed by atoms with E-state index in [0.717, 1.165) is 12.3 Å². The van der Waals surface area contributed by atoms with Gasteiger partial charge in [-0.15, -0.1) is 0 Å². The van der Waals surface area contributed by atoms with Crippen molar-refractivity contribution < 1.29 is 14.3 Å². The van der Waals surface area contributed by atoms with Gasteiger partial charge in [-0.1, -0.05) is 20.8 Å². The van der Waals surface area contributed by atoms with E-state index in [1.165, 1.54) is 25.7 Å². The van der Waals surface area contributed by atoms with Crippen molar-refractivity contribution in [3.05, 3.63) is 0 Å². The number of hydrogen-bond donors (Lipinski definition) is 0. The summed E-state index contributed by atoms with van der Waals surface area (Å²) in [6.45, 7) is 8.68. The number of carbonyl (C=O) groups excluding carboxylic acids is 2. The molecule has 7 atom stereocenters. The smallest absolute Gasteiger partial charge is 0.204 e. The molecule has 0 aromatic rings. The van der Waals surface area contributed by atoms with Gasteiger partial charge in [0.25, 0.3) is 0 Å². The average Bonchev–Trinajstić information content (AvgIpc) is 3.14. The van der Waals surface area contributed by atoms with E-state index in [0.29, 0.717) is 29.8 Å². The quantitative estimate of drug-likeness (QED) is 0.507. The first kappa shape index (κ1) is 14.6. The number of hydrogen-bond acceptors (Lipinski definition) is 3. The minimum atomic E-state index is -0.491.